The van der Waals surface area contributed by atoms with Crippen LogP contribution in [-0.2, 0) is 10.0 Å². The number of sulfonamides is 1. The van der Waals surface area contributed by atoms with Gasteiger partial charge >= 0.3 is 0 Å². The fraction of sp³-hybridized carbons (Fsp3) is 0.143. The lowest BCUT2D eigenvalue weighted by atomic mass is 10.3. The second-order valence-corrected chi connectivity index (χ2v) is 3.81. The molecule has 4 heteroatoms. The quantitative estimate of drug-likeness (QED) is 0.726. The molecule has 0 unspecified atom stereocenters. The molecule has 0 saturated heterocycles. The molecule has 0 fully saturated rings. The summed E-state index contributed by atoms with van der Waals surface area (Å²) in [4.78, 5) is 0. The highest BCUT2D eigenvalue weighted by atomic mass is 32.2. The Morgan fingerprint density at radius 3 is 2.36 bits per heavy atom. The third-order valence-electron chi connectivity index (χ3n) is 0.935. The van der Waals surface area contributed by atoms with Crippen LogP contribution in [0, 0.1) is 0 Å². The van der Waals surface area contributed by atoms with Gasteiger partial charge in [0.25, 0.3) is 0 Å². The topological polar surface area (TPSA) is 46.2 Å². The molecule has 3 nitrogen and oxygen atoms in total. The molecule has 0 saturated carbocycles. The Bertz CT molecular complexity index is 396. The summed E-state index contributed by atoms with van der Waals surface area (Å²) in [7, 11) is -3.41. The normalized spacial score (nSPS) is 13.5. The highest BCUT2D eigenvalue weighted by Gasteiger charge is 1.98. The second kappa shape index (κ2) is 2.92. The van der Waals surface area contributed by atoms with E-state index in [0.29, 0.717) is 0 Å². The molecule has 0 radical (unpaired) electrons. The summed E-state index contributed by atoms with van der Waals surface area (Å²) in [5.74, 6) is 0. The van der Waals surface area contributed by atoms with Crippen molar-refractivity contribution in [2.75, 3.05) is 11.0 Å². The molecule has 1 aromatic carbocycles. The minimum Gasteiger partial charge on any atom is -0.284 e. The molecule has 0 spiro atoms. The van der Waals surface area contributed by atoms with E-state index < -0.39 is 10.0 Å². The van der Waals surface area contributed by atoms with Gasteiger partial charge in [-0.05, 0) is 12.1 Å². The summed E-state index contributed by atoms with van der Waals surface area (Å²) < 4.78 is 38.5. The molecule has 0 aromatic heterocycles. The molecule has 0 aliphatic carbocycles. The van der Waals surface area contributed by atoms with Crippen LogP contribution in [0.2, 0.25) is 0 Å². The highest BCUT2D eigenvalue weighted by molar-refractivity contribution is 7.92. The predicted molar refractivity (Wildman–Crippen MR) is 44.9 cm³/mol. The molecule has 0 bridgehead atoms. The smallest absolute Gasteiger partial charge is 0.229 e. The number of anilines is 1. The summed E-state index contributed by atoms with van der Waals surface area (Å²) in [6, 6.07) is 4.37. The average Bonchev–Trinajstić information content (AvgIpc) is 1.95. The van der Waals surface area contributed by atoms with Crippen LogP contribution < -0.4 is 4.72 Å². The van der Waals surface area contributed by atoms with Crippen LogP contribution in [0.25, 0.3) is 0 Å². The maximum Gasteiger partial charge on any atom is 0.229 e. The summed E-state index contributed by atoms with van der Waals surface area (Å²) in [6.45, 7) is 0. The van der Waals surface area contributed by atoms with Crippen molar-refractivity contribution in [3.8, 4) is 0 Å². The molecule has 0 aliphatic heterocycles. The molecule has 0 heterocycles. The van der Waals surface area contributed by atoms with Gasteiger partial charge in [-0.2, -0.15) is 0 Å². The monoisotopic (exact) mass is 173 g/mol. The van der Waals surface area contributed by atoms with Crippen LogP contribution in [0.15, 0.2) is 30.3 Å². The van der Waals surface area contributed by atoms with Crippen LogP contribution in [0.4, 0.5) is 5.69 Å². The first-order chi connectivity index (χ1) is 5.90. The van der Waals surface area contributed by atoms with Gasteiger partial charge in [-0.3, -0.25) is 4.72 Å². The van der Waals surface area contributed by atoms with Crippen molar-refractivity contribution in [3.05, 3.63) is 30.3 Å². The van der Waals surface area contributed by atoms with Crippen LogP contribution in [0.1, 0.15) is 2.74 Å². The molecule has 11 heavy (non-hydrogen) atoms. The van der Waals surface area contributed by atoms with E-state index in [1.807, 2.05) is 0 Å². The van der Waals surface area contributed by atoms with Gasteiger partial charge in [0, 0.05) is 5.69 Å². The van der Waals surface area contributed by atoms with Crippen LogP contribution in [0.5, 0.6) is 0 Å². The van der Waals surface area contributed by atoms with E-state index in [9.17, 15) is 8.42 Å². The average molecular weight is 173 g/mol. The van der Waals surface area contributed by atoms with E-state index in [0.717, 1.165) is 6.26 Å². The largest absolute Gasteiger partial charge is 0.284 e. The van der Waals surface area contributed by atoms with Crippen molar-refractivity contribution in [2.24, 2.45) is 0 Å². The van der Waals surface area contributed by atoms with Crippen LogP contribution in [0.3, 0.4) is 0 Å². The van der Waals surface area contributed by atoms with E-state index in [-0.39, 0.29) is 17.8 Å². The lowest BCUT2D eigenvalue weighted by molar-refractivity contribution is 0.607. The van der Waals surface area contributed by atoms with Gasteiger partial charge in [0.2, 0.25) is 10.0 Å². The van der Waals surface area contributed by atoms with Gasteiger partial charge < -0.3 is 0 Å². The lowest BCUT2D eigenvalue weighted by Gasteiger charge is -2.00. The molecular weight excluding hydrogens is 162 g/mol. The number of nitrogens with one attached hydrogen (secondary N) is 1. The van der Waals surface area contributed by atoms with Crippen LogP contribution >= 0.6 is 0 Å². The van der Waals surface area contributed by atoms with Gasteiger partial charge in [-0.25, -0.2) is 8.42 Å². The van der Waals surface area contributed by atoms with E-state index in [2.05, 4.69) is 4.72 Å². The Labute approximate surface area is 68.9 Å². The minimum atomic E-state index is -3.41. The Balaban J connectivity index is 3.15. The molecule has 1 N–H and O–H groups in total. The zero-order valence-electron chi connectivity index (χ0n) is 7.96. The zero-order valence-corrected chi connectivity index (χ0v) is 6.77. The van der Waals surface area contributed by atoms with Gasteiger partial charge in [-0.1, -0.05) is 18.2 Å². The first kappa shape index (κ1) is 5.60. The molecule has 1 aromatic rings. The maximum atomic E-state index is 10.8. The third kappa shape index (κ3) is 3.04. The van der Waals surface area contributed by atoms with Gasteiger partial charge in [0.15, 0.2) is 0 Å². The SMILES string of the molecule is [2H]c1cccc([2H])c1NS(C)(=O)=O. The van der Waals surface area contributed by atoms with Crippen molar-refractivity contribution in [1.29, 1.82) is 0 Å². The van der Waals surface area contributed by atoms with Crippen molar-refractivity contribution in [2.45, 2.75) is 0 Å². The molecular formula is C7H9NO2S. The zero-order chi connectivity index (χ0) is 10.1. The predicted octanol–water partition coefficient (Wildman–Crippen LogP) is 1.06. The van der Waals surface area contributed by atoms with Crippen molar-refractivity contribution < 1.29 is 11.2 Å². The minimum absolute atomic E-state index is 0.00192. The maximum absolute atomic E-state index is 10.8. The fourth-order valence-corrected chi connectivity index (χ4v) is 1.09. The number of para-hydroxylation sites is 1. The van der Waals surface area contributed by atoms with Crippen molar-refractivity contribution in [1.82, 2.24) is 0 Å². The highest BCUT2D eigenvalue weighted by Crippen LogP contribution is 2.05. The lowest BCUT2D eigenvalue weighted by Crippen LogP contribution is -2.08. The molecule has 0 aliphatic rings. The Morgan fingerprint density at radius 2 is 1.91 bits per heavy atom. The molecule has 60 valence electrons. The van der Waals surface area contributed by atoms with Crippen molar-refractivity contribution in [3.63, 3.8) is 0 Å². The van der Waals surface area contributed by atoms with Crippen LogP contribution in [-0.4, -0.2) is 14.7 Å². The van der Waals surface area contributed by atoms with E-state index in [1.165, 1.54) is 18.2 Å². The first-order valence-corrected chi connectivity index (χ1v) is 4.83. The number of hydrogen-bond acceptors (Lipinski definition) is 2. The van der Waals surface area contributed by atoms with E-state index >= 15 is 0 Å². The number of benzene rings is 1. The van der Waals surface area contributed by atoms with Gasteiger partial charge in [0.1, 0.15) is 0 Å². The van der Waals surface area contributed by atoms with Gasteiger partial charge in [0.05, 0.1) is 9.00 Å². The van der Waals surface area contributed by atoms with E-state index in [1.54, 1.807) is 0 Å². The summed E-state index contributed by atoms with van der Waals surface area (Å²) in [6.07, 6.45) is 0.985. The summed E-state index contributed by atoms with van der Waals surface area (Å²) in [5, 5.41) is 0. The molecule has 0 amide bonds. The Kier molecular flexibility index (Phi) is 1.49. The second-order valence-electron chi connectivity index (χ2n) is 2.06. The number of hydrogen-bond donors (Lipinski definition) is 1. The third-order valence-corrected chi connectivity index (χ3v) is 1.51. The number of rotatable bonds is 2. The Morgan fingerprint density at radius 1 is 1.36 bits per heavy atom. The summed E-state index contributed by atoms with van der Waals surface area (Å²) >= 11 is 0. The summed E-state index contributed by atoms with van der Waals surface area (Å²) in [5.41, 5.74) is 0.0185. The van der Waals surface area contributed by atoms with E-state index in [4.69, 9.17) is 2.74 Å². The standard InChI is InChI=1S/C7H9NO2S/c1-11(9,10)8-7-5-3-2-4-6-7/h2-6,8H,1H3/i5D,6D. The molecule has 0 atom stereocenters. The Hall–Kier alpha value is -1.03. The molecule has 1 rings (SSSR count). The van der Waals surface area contributed by atoms with Gasteiger partial charge in [-0.15, -0.1) is 0 Å². The fourth-order valence-electron chi connectivity index (χ4n) is 0.597. The first-order valence-electron chi connectivity index (χ1n) is 3.94. The van der Waals surface area contributed by atoms with Crippen molar-refractivity contribution >= 4 is 15.7 Å².